The topological polar surface area (TPSA) is 15.3 Å². The molecule has 1 heterocycles. The van der Waals surface area contributed by atoms with Gasteiger partial charge in [0.1, 0.15) is 0 Å². The van der Waals surface area contributed by atoms with Crippen LogP contribution >= 0.6 is 11.8 Å². The van der Waals surface area contributed by atoms with Crippen LogP contribution in [-0.2, 0) is 0 Å². The maximum Gasteiger partial charge on any atom is 0.0158 e. The molecule has 2 nitrogen and oxygen atoms in total. The minimum Gasteiger partial charge on any atom is -0.314 e. The van der Waals surface area contributed by atoms with Crippen molar-refractivity contribution in [1.82, 2.24) is 10.2 Å². The Morgan fingerprint density at radius 2 is 2.12 bits per heavy atom. The summed E-state index contributed by atoms with van der Waals surface area (Å²) in [6.07, 6.45) is 1.38. The predicted molar refractivity (Wildman–Crippen MR) is 75.3 cm³/mol. The van der Waals surface area contributed by atoms with E-state index in [9.17, 15) is 0 Å². The molecule has 1 aliphatic heterocycles. The number of hydrogen-bond acceptors (Lipinski definition) is 3. The summed E-state index contributed by atoms with van der Waals surface area (Å²) in [6.45, 7) is 12.9. The van der Waals surface area contributed by atoms with Crippen LogP contribution in [0.1, 0.15) is 34.1 Å². The Morgan fingerprint density at radius 1 is 1.38 bits per heavy atom. The van der Waals surface area contributed by atoms with Crippen molar-refractivity contribution in [2.45, 2.75) is 46.2 Å². The molecule has 0 amide bonds. The van der Waals surface area contributed by atoms with Crippen molar-refractivity contribution in [3.8, 4) is 0 Å². The smallest absolute Gasteiger partial charge is 0.0158 e. The number of hydrogen-bond donors (Lipinski definition) is 1. The third-order valence-electron chi connectivity index (χ3n) is 3.32. The largest absolute Gasteiger partial charge is 0.314 e. The highest BCUT2D eigenvalue weighted by Gasteiger charge is 2.25. The summed E-state index contributed by atoms with van der Waals surface area (Å²) < 4.78 is 0. The zero-order valence-corrected chi connectivity index (χ0v) is 12.1. The Kier molecular flexibility index (Phi) is 6.78. The van der Waals surface area contributed by atoms with E-state index in [4.69, 9.17) is 0 Å². The Balaban J connectivity index is 2.18. The van der Waals surface area contributed by atoms with Crippen molar-refractivity contribution in [3.05, 3.63) is 0 Å². The van der Waals surface area contributed by atoms with Gasteiger partial charge in [0.25, 0.3) is 0 Å². The van der Waals surface area contributed by atoms with Gasteiger partial charge in [-0.2, -0.15) is 11.8 Å². The Hall–Kier alpha value is 0.270. The van der Waals surface area contributed by atoms with E-state index < -0.39 is 0 Å². The molecule has 1 N–H and O–H groups in total. The van der Waals surface area contributed by atoms with Crippen LogP contribution in [0.3, 0.4) is 0 Å². The Morgan fingerprint density at radius 3 is 2.75 bits per heavy atom. The summed E-state index contributed by atoms with van der Waals surface area (Å²) >= 11 is 2.07. The summed E-state index contributed by atoms with van der Waals surface area (Å²) in [7, 11) is 0. The molecule has 1 aliphatic rings. The van der Waals surface area contributed by atoms with Gasteiger partial charge in [0.2, 0.25) is 0 Å². The summed E-state index contributed by atoms with van der Waals surface area (Å²) in [5.41, 5.74) is 0. The monoisotopic (exact) mass is 244 g/mol. The van der Waals surface area contributed by atoms with Gasteiger partial charge in [-0.25, -0.2) is 0 Å². The first kappa shape index (κ1) is 14.3. The van der Waals surface area contributed by atoms with Crippen molar-refractivity contribution < 1.29 is 0 Å². The average Bonchev–Trinajstić information content (AvgIpc) is 2.71. The molecule has 0 aromatic rings. The molecule has 1 rings (SSSR count). The van der Waals surface area contributed by atoms with Gasteiger partial charge < -0.3 is 5.32 Å². The fraction of sp³-hybridized carbons (Fsp3) is 1.00. The van der Waals surface area contributed by atoms with E-state index >= 15 is 0 Å². The maximum atomic E-state index is 3.56. The van der Waals surface area contributed by atoms with Gasteiger partial charge in [-0.1, -0.05) is 20.8 Å². The third kappa shape index (κ3) is 5.07. The van der Waals surface area contributed by atoms with Crippen LogP contribution in [0.4, 0.5) is 0 Å². The molecule has 3 heteroatoms. The second kappa shape index (κ2) is 7.57. The van der Waals surface area contributed by atoms with Crippen molar-refractivity contribution >= 4 is 11.8 Å². The van der Waals surface area contributed by atoms with E-state index in [0.29, 0.717) is 6.04 Å². The van der Waals surface area contributed by atoms with Gasteiger partial charge >= 0.3 is 0 Å². The standard InChI is InChI=1S/C13H28N2S/c1-5-16-10-12(4)15-7-6-13(9-15)8-14-11(2)3/h11-14H,5-10H2,1-4H3. The van der Waals surface area contributed by atoms with Gasteiger partial charge in [-0.05, 0) is 38.1 Å². The average molecular weight is 244 g/mol. The van der Waals surface area contributed by atoms with Crippen molar-refractivity contribution in [2.24, 2.45) is 5.92 Å². The van der Waals surface area contributed by atoms with E-state index in [1.165, 1.54) is 37.6 Å². The van der Waals surface area contributed by atoms with Gasteiger partial charge in [-0.3, -0.25) is 4.90 Å². The quantitative estimate of drug-likeness (QED) is 0.740. The molecule has 0 aromatic carbocycles. The molecule has 0 radical (unpaired) electrons. The predicted octanol–water partition coefficient (Wildman–Crippen LogP) is 2.45. The first-order valence-electron chi connectivity index (χ1n) is 6.68. The summed E-state index contributed by atoms with van der Waals surface area (Å²) in [6, 6.07) is 1.39. The maximum absolute atomic E-state index is 3.56. The second-order valence-electron chi connectivity index (χ2n) is 5.22. The SMILES string of the molecule is CCSCC(C)N1CCC(CNC(C)C)C1. The van der Waals surface area contributed by atoms with E-state index in [0.717, 1.165) is 12.0 Å². The number of thioether (sulfide) groups is 1. The molecule has 0 bridgehead atoms. The number of likely N-dealkylation sites (tertiary alicyclic amines) is 1. The number of nitrogens with one attached hydrogen (secondary N) is 1. The summed E-state index contributed by atoms with van der Waals surface area (Å²) in [5, 5.41) is 3.56. The lowest BCUT2D eigenvalue weighted by atomic mass is 10.1. The molecule has 2 unspecified atom stereocenters. The zero-order chi connectivity index (χ0) is 12.0. The molecule has 0 spiro atoms. The Labute approximate surface area is 106 Å². The molecule has 16 heavy (non-hydrogen) atoms. The van der Waals surface area contributed by atoms with Crippen LogP contribution in [0.15, 0.2) is 0 Å². The Bertz CT molecular complexity index is 185. The lowest BCUT2D eigenvalue weighted by Crippen LogP contribution is -2.35. The highest BCUT2D eigenvalue weighted by molar-refractivity contribution is 7.99. The number of rotatable bonds is 7. The first-order chi connectivity index (χ1) is 7.63. The van der Waals surface area contributed by atoms with E-state index in [2.05, 4.69) is 49.7 Å². The van der Waals surface area contributed by atoms with E-state index in [-0.39, 0.29) is 0 Å². The molecule has 1 saturated heterocycles. The van der Waals surface area contributed by atoms with Crippen molar-refractivity contribution in [1.29, 1.82) is 0 Å². The van der Waals surface area contributed by atoms with Crippen LogP contribution < -0.4 is 5.32 Å². The van der Waals surface area contributed by atoms with Crippen LogP contribution in [0.25, 0.3) is 0 Å². The first-order valence-corrected chi connectivity index (χ1v) is 7.84. The van der Waals surface area contributed by atoms with Crippen LogP contribution in [0.5, 0.6) is 0 Å². The van der Waals surface area contributed by atoms with Crippen molar-refractivity contribution in [2.75, 3.05) is 31.1 Å². The second-order valence-corrected chi connectivity index (χ2v) is 6.54. The minimum atomic E-state index is 0.627. The van der Waals surface area contributed by atoms with Crippen LogP contribution in [-0.4, -0.2) is 48.1 Å². The van der Waals surface area contributed by atoms with Crippen LogP contribution in [0, 0.1) is 5.92 Å². The van der Waals surface area contributed by atoms with Gasteiger partial charge in [0.15, 0.2) is 0 Å². The molecule has 1 fully saturated rings. The zero-order valence-electron chi connectivity index (χ0n) is 11.3. The molecular weight excluding hydrogens is 216 g/mol. The lowest BCUT2D eigenvalue weighted by Gasteiger charge is -2.24. The molecule has 0 aromatic heterocycles. The third-order valence-corrected chi connectivity index (χ3v) is 4.44. The van der Waals surface area contributed by atoms with Gasteiger partial charge in [0.05, 0.1) is 0 Å². The minimum absolute atomic E-state index is 0.627. The highest BCUT2D eigenvalue weighted by atomic mass is 32.2. The summed E-state index contributed by atoms with van der Waals surface area (Å²) in [4.78, 5) is 2.66. The molecule has 2 atom stereocenters. The summed E-state index contributed by atoms with van der Waals surface area (Å²) in [5.74, 6) is 3.41. The molecule has 0 saturated carbocycles. The van der Waals surface area contributed by atoms with Gasteiger partial charge in [0, 0.05) is 24.4 Å². The fourth-order valence-corrected chi connectivity index (χ4v) is 3.01. The van der Waals surface area contributed by atoms with E-state index in [1.807, 2.05) is 0 Å². The fourth-order valence-electron chi connectivity index (χ4n) is 2.23. The molecular formula is C13H28N2S. The van der Waals surface area contributed by atoms with Crippen LogP contribution in [0.2, 0.25) is 0 Å². The van der Waals surface area contributed by atoms with Gasteiger partial charge in [-0.15, -0.1) is 0 Å². The molecule has 96 valence electrons. The molecule has 0 aliphatic carbocycles. The highest BCUT2D eigenvalue weighted by Crippen LogP contribution is 2.20. The number of nitrogens with zero attached hydrogens (tertiary/aromatic N) is 1. The van der Waals surface area contributed by atoms with E-state index in [1.54, 1.807) is 0 Å². The van der Waals surface area contributed by atoms with Crippen molar-refractivity contribution in [3.63, 3.8) is 0 Å². The normalized spacial score (nSPS) is 24.2. The lowest BCUT2D eigenvalue weighted by molar-refractivity contribution is 0.267.